The van der Waals surface area contributed by atoms with E-state index in [4.69, 9.17) is 14.6 Å². The predicted octanol–water partition coefficient (Wildman–Crippen LogP) is 3.31. The van der Waals surface area contributed by atoms with Crippen LogP contribution in [0.15, 0.2) is 54.6 Å². The maximum Gasteiger partial charge on any atom is 0.270 e. The predicted molar refractivity (Wildman–Crippen MR) is 124 cm³/mol. The Kier molecular flexibility index (Phi) is 7.19. The summed E-state index contributed by atoms with van der Waals surface area (Å²) >= 11 is 0. The second kappa shape index (κ2) is 10.4. The van der Waals surface area contributed by atoms with Crippen molar-refractivity contribution in [2.24, 2.45) is 0 Å². The number of morpholine rings is 1. The van der Waals surface area contributed by atoms with Crippen LogP contribution in [0.2, 0.25) is 0 Å². The number of aryl methyl sites for hydroxylation is 1. The van der Waals surface area contributed by atoms with Crippen molar-refractivity contribution in [3.63, 3.8) is 0 Å². The van der Waals surface area contributed by atoms with Crippen molar-refractivity contribution >= 4 is 5.91 Å². The summed E-state index contributed by atoms with van der Waals surface area (Å²) in [7, 11) is 1.64. The fourth-order valence-corrected chi connectivity index (χ4v) is 3.75. The number of carbonyl (C=O) groups is 1. The molecule has 2 aromatic carbocycles. The van der Waals surface area contributed by atoms with Crippen molar-refractivity contribution in [1.82, 2.24) is 20.0 Å². The maximum absolute atomic E-state index is 13.1. The molecule has 1 N–H and O–H groups in total. The zero-order chi connectivity index (χ0) is 22.3. The molecule has 1 aliphatic rings. The van der Waals surface area contributed by atoms with Crippen LogP contribution in [0.1, 0.15) is 22.5 Å². The second-order valence-electron chi connectivity index (χ2n) is 7.95. The Labute approximate surface area is 188 Å². The number of nitrogens with one attached hydrogen (secondary N) is 1. The molecule has 4 rings (SSSR count). The van der Waals surface area contributed by atoms with E-state index in [-0.39, 0.29) is 5.91 Å². The van der Waals surface area contributed by atoms with Crippen LogP contribution < -0.4 is 10.1 Å². The smallest absolute Gasteiger partial charge is 0.270 e. The van der Waals surface area contributed by atoms with E-state index >= 15 is 0 Å². The second-order valence-corrected chi connectivity index (χ2v) is 7.95. The number of carbonyl (C=O) groups excluding carboxylic acids is 1. The summed E-state index contributed by atoms with van der Waals surface area (Å²) in [6.07, 6.45) is 0.899. The number of ether oxygens (including phenoxy) is 2. The van der Waals surface area contributed by atoms with Gasteiger partial charge in [-0.25, -0.2) is 4.68 Å². The normalized spacial score (nSPS) is 14.3. The summed E-state index contributed by atoms with van der Waals surface area (Å²) in [5.41, 5.74) is 4.20. The average molecular weight is 435 g/mol. The molecule has 0 atom stereocenters. The topological polar surface area (TPSA) is 68.6 Å². The number of nitrogens with zero attached hydrogens (tertiary/aromatic N) is 3. The van der Waals surface area contributed by atoms with Crippen molar-refractivity contribution in [3.8, 4) is 22.7 Å². The van der Waals surface area contributed by atoms with Gasteiger partial charge in [-0.2, -0.15) is 5.10 Å². The molecule has 1 amide bonds. The summed E-state index contributed by atoms with van der Waals surface area (Å²) in [6.45, 7) is 7.11. The van der Waals surface area contributed by atoms with Gasteiger partial charge in [-0.15, -0.1) is 0 Å². The van der Waals surface area contributed by atoms with Gasteiger partial charge in [0.1, 0.15) is 11.4 Å². The lowest BCUT2D eigenvalue weighted by molar-refractivity contribution is 0.0374. The minimum absolute atomic E-state index is 0.125. The fraction of sp³-hybridized carbons (Fsp3) is 0.360. The molecule has 0 unspecified atom stereocenters. The Hall–Kier alpha value is -3.16. The standard InChI is InChI=1S/C25H30N4O3/c1-19-4-8-21(9-5-19)29-24(18-23(27-29)20-6-10-22(31-2)11-7-20)25(30)26-12-3-13-28-14-16-32-17-15-28/h4-11,18H,3,12-17H2,1-2H3,(H,26,30). The number of rotatable bonds is 8. The van der Waals surface area contributed by atoms with Crippen molar-refractivity contribution in [3.05, 3.63) is 65.9 Å². The highest BCUT2D eigenvalue weighted by Crippen LogP contribution is 2.24. The number of hydrogen-bond acceptors (Lipinski definition) is 5. The Balaban J connectivity index is 1.51. The van der Waals surface area contributed by atoms with E-state index in [9.17, 15) is 4.79 Å². The summed E-state index contributed by atoms with van der Waals surface area (Å²) in [6, 6.07) is 17.5. The third-order valence-electron chi connectivity index (χ3n) is 5.65. The Morgan fingerprint density at radius 2 is 1.81 bits per heavy atom. The highest BCUT2D eigenvalue weighted by Gasteiger charge is 2.18. The van der Waals surface area contributed by atoms with Gasteiger partial charge in [0.2, 0.25) is 0 Å². The third kappa shape index (κ3) is 5.36. The summed E-state index contributed by atoms with van der Waals surface area (Å²) in [4.78, 5) is 15.4. The molecule has 32 heavy (non-hydrogen) atoms. The van der Waals surface area contributed by atoms with Crippen molar-refractivity contribution < 1.29 is 14.3 Å². The first-order valence-electron chi connectivity index (χ1n) is 11.0. The fourth-order valence-electron chi connectivity index (χ4n) is 3.75. The molecule has 3 aromatic rings. The van der Waals surface area contributed by atoms with Crippen LogP contribution in [0.25, 0.3) is 16.9 Å². The first-order chi connectivity index (χ1) is 15.6. The van der Waals surface area contributed by atoms with E-state index in [0.717, 1.165) is 67.5 Å². The van der Waals surface area contributed by atoms with Crippen molar-refractivity contribution in [2.75, 3.05) is 46.5 Å². The number of benzene rings is 2. The lowest BCUT2D eigenvalue weighted by atomic mass is 10.1. The van der Waals surface area contributed by atoms with Crippen molar-refractivity contribution in [2.45, 2.75) is 13.3 Å². The lowest BCUT2D eigenvalue weighted by Crippen LogP contribution is -2.38. The van der Waals surface area contributed by atoms with Gasteiger partial charge in [-0.05, 0) is 62.4 Å². The van der Waals surface area contributed by atoms with Gasteiger partial charge in [-0.3, -0.25) is 9.69 Å². The maximum atomic E-state index is 13.1. The molecule has 1 saturated heterocycles. The van der Waals surface area contributed by atoms with E-state index in [2.05, 4.69) is 10.2 Å². The van der Waals surface area contributed by atoms with Crippen molar-refractivity contribution in [1.29, 1.82) is 0 Å². The third-order valence-corrected chi connectivity index (χ3v) is 5.65. The molecule has 7 nitrogen and oxygen atoms in total. The zero-order valence-corrected chi connectivity index (χ0v) is 18.7. The largest absolute Gasteiger partial charge is 0.497 e. The molecular formula is C25H30N4O3. The van der Waals surface area contributed by atoms with Crippen LogP contribution in [0.4, 0.5) is 0 Å². The van der Waals surface area contributed by atoms with E-state index in [1.165, 1.54) is 0 Å². The van der Waals surface area contributed by atoms with Gasteiger partial charge in [0, 0.05) is 25.2 Å². The number of methoxy groups -OCH3 is 1. The first-order valence-corrected chi connectivity index (χ1v) is 11.0. The molecule has 7 heteroatoms. The van der Waals surface area contributed by atoms with Crippen LogP contribution in [-0.2, 0) is 4.74 Å². The van der Waals surface area contributed by atoms with Crippen LogP contribution in [0, 0.1) is 6.92 Å². The summed E-state index contributed by atoms with van der Waals surface area (Å²) in [5, 5.41) is 7.82. The molecule has 0 aliphatic carbocycles. The monoisotopic (exact) mass is 434 g/mol. The van der Waals surface area contributed by atoms with Gasteiger partial charge < -0.3 is 14.8 Å². The first kappa shape index (κ1) is 22.0. The quantitative estimate of drug-likeness (QED) is 0.551. The van der Waals surface area contributed by atoms with Crippen LogP contribution in [0.5, 0.6) is 5.75 Å². The van der Waals surface area contributed by atoms with Gasteiger partial charge in [0.05, 0.1) is 31.7 Å². The van der Waals surface area contributed by atoms with Crippen LogP contribution in [0.3, 0.4) is 0 Å². The van der Waals surface area contributed by atoms with Crippen LogP contribution in [-0.4, -0.2) is 67.1 Å². The zero-order valence-electron chi connectivity index (χ0n) is 18.7. The van der Waals surface area contributed by atoms with Gasteiger partial charge in [0.25, 0.3) is 5.91 Å². The number of amides is 1. The molecule has 1 aliphatic heterocycles. The number of aromatic nitrogens is 2. The summed E-state index contributed by atoms with van der Waals surface area (Å²) < 4.78 is 12.4. The minimum Gasteiger partial charge on any atom is -0.497 e. The van der Waals surface area contributed by atoms with E-state index in [0.29, 0.717) is 12.2 Å². The molecule has 0 radical (unpaired) electrons. The van der Waals surface area contributed by atoms with Crippen LogP contribution >= 0.6 is 0 Å². The number of hydrogen-bond donors (Lipinski definition) is 1. The molecule has 0 bridgehead atoms. The molecule has 168 valence electrons. The molecule has 1 fully saturated rings. The Morgan fingerprint density at radius 1 is 1.09 bits per heavy atom. The van der Waals surface area contributed by atoms with Gasteiger partial charge in [-0.1, -0.05) is 17.7 Å². The van der Waals surface area contributed by atoms with E-state index in [1.54, 1.807) is 11.8 Å². The molecule has 2 heterocycles. The highest BCUT2D eigenvalue weighted by molar-refractivity contribution is 5.94. The molecular weight excluding hydrogens is 404 g/mol. The highest BCUT2D eigenvalue weighted by atomic mass is 16.5. The Morgan fingerprint density at radius 3 is 2.50 bits per heavy atom. The summed E-state index contributed by atoms with van der Waals surface area (Å²) in [5.74, 6) is 0.657. The minimum atomic E-state index is -0.125. The molecule has 1 aromatic heterocycles. The van der Waals surface area contributed by atoms with E-state index < -0.39 is 0 Å². The van der Waals surface area contributed by atoms with Gasteiger partial charge in [0.15, 0.2) is 0 Å². The molecule has 0 saturated carbocycles. The average Bonchev–Trinajstić information content (AvgIpc) is 3.28. The lowest BCUT2D eigenvalue weighted by Gasteiger charge is -2.26. The Bertz CT molecular complexity index is 1020. The molecule has 0 spiro atoms. The van der Waals surface area contributed by atoms with Gasteiger partial charge >= 0.3 is 0 Å². The van der Waals surface area contributed by atoms with E-state index in [1.807, 2.05) is 61.5 Å². The SMILES string of the molecule is COc1ccc(-c2cc(C(=O)NCCCN3CCOCC3)n(-c3ccc(C)cc3)n2)cc1.